The highest BCUT2D eigenvalue weighted by Crippen LogP contribution is 2.20. The van der Waals surface area contributed by atoms with Gasteiger partial charge in [-0.15, -0.1) is 0 Å². The number of methoxy groups -OCH3 is 1. The molecule has 1 aromatic carbocycles. The van der Waals surface area contributed by atoms with Gasteiger partial charge in [0.1, 0.15) is 6.07 Å². The standard InChI is InChI=1S/C12H15BrN2O2/c1-17-8-11(16)4-5-15-10-3-2-9(7-14)12(13)6-10/h2-3,6,11,15-16H,4-5,8H2,1H3. The first-order chi connectivity index (χ1) is 8.17. The molecule has 4 nitrogen and oxygen atoms in total. The Morgan fingerprint density at radius 3 is 2.94 bits per heavy atom. The Balaban J connectivity index is 2.43. The van der Waals surface area contributed by atoms with E-state index in [1.807, 2.05) is 12.1 Å². The average Bonchev–Trinajstić information content (AvgIpc) is 2.29. The first kappa shape index (κ1) is 14.0. The minimum Gasteiger partial charge on any atom is -0.391 e. The van der Waals surface area contributed by atoms with Crippen molar-refractivity contribution in [2.45, 2.75) is 12.5 Å². The van der Waals surface area contributed by atoms with Crippen LogP contribution in [0.25, 0.3) is 0 Å². The van der Waals surface area contributed by atoms with Gasteiger partial charge in [-0.05, 0) is 40.5 Å². The van der Waals surface area contributed by atoms with Gasteiger partial charge >= 0.3 is 0 Å². The number of nitriles is 1. The van der Waals surface area contributed by atoms with E-state index >= 15 is 0 Å². The predicted octanol–water partition coefficient (Wildman–Crippen LogP) is 2.13. The lowest BCUT2D eigenvalue weighted by Crippen LogP contribution is -2.18. The van der Waals surface area contributed by atoms with Crippen molar-refractivity contribution < 1.29 is 9.84 Å². The molecule has 0 spiro atoms. The molecule has 0 fully saturated rings. The van der Waals surface area contributed by atoms with E-state index in [0.717, 1.165) is 10.2 Å². The fourth-order valence-electron chi connectivity index (χ4n) is 1.37. The fraction of sp³-hybridized carbons (Fsp3) is 0.417. The minimum atomic E-state index is -0.450. The second kappa shape index (κ2) is 7.28. The van der Waals surface area contributed by atoms with Crippen LogP contribution < -0.4 is 5.32 Å². The molecule has 1 unspecified atom stereocenters. The van der Waals surface area contributed by atoms with Crippen LogP contribution in [0, 0.1) is 11.3 Å². The van der Waals surface area contributed by atoms with Gasteiger partial charge in [0.15, 0.2) is 0 Å². The Morgan fingerprint density at radius 1 is 1.59 bits per heavy atom. The van der Waals surface area contributed by atoms with Gasteiger partial charge < -0.3 is 15.2 Å². The Bertz CT molecular complexity index is 404. The number of rotatable bonds is 6. The summed E-state index contributed by atoms with van der Waals surface area (Å²) in [6.07, 6.45) is 0.167. The Morgan fingerprint density at radius 2 is 2.35 bits per heavy atom. The van der Waals surface area contributed by atoms with E-state index in [-0.39, 0.29) is 0 Å². The molecule has 0 aromatic heterocycles. The Kier molecular flexibility index (Phi) is 5.98. The maximum absolute atomic E-state index is 9.45. The van der Waals surface area contributed by atoms with E-state index in [2.05, 4.69) is 27.3 Å². The second-order valence-electron chi connectivity index (χ2n) is 3.63. The quantitative estimate of drug-likeness (QED) is 0.844. The highest BCUT2D eigenvalue weighted by atomic mass is 79.9. The predicted molar refractivity (Wildman–Crippen MR) is 69.8 cm³/mol. The van der Waals surface area contributed by atoms with Crippen molar-refractivity contribution in [1.29, 1.82) is 5.26 Å². The number of aliphatic hydroxyl groups is 1. The van der Waals surface area contributed by atoms with Gasteiger partial charge in [0, 0.05) is 23.8 Å². The molecule has 92 valence electrons. The lowest BCUT2D eigenvalue weighted by molar-refractivity contribution is 0.0615. The van der Waals surface area contributed by atoms with E-state index < -0.39 is 6.10 Å². The summed E-state index contributed by atoms with van der Waals surface area (Å²) >= 11 is 3.32. The van der Waals surface area contributed by atoms with E-state index in [4.69, 9.17) is 10.00 Å². The molecule has 17 heavy (non-hydrogen) atoms. The Labute approximate surface area is 109 Å². The third-order valence-corrected chi connectivity index (χ3v) is 2.91. The van der Waals surface area contributed by atoms with E-state index in [1.165, 1.54) is 0 Å². The van der Waals surface area contributed by atoms with Crippen LogP contribution in [0.1, 0.15) is 12.0 Å². The molecule has 0 aliphatic rings. The van der Waals surface area contributed by atoms with Crippen molar-refractivity contribution in [3.05, 3.63) is 28.2 Å². The number of nitrogens with one attached hydrogen (secondary N) is 1. The first-order valence-corrected chi connectivity index (χ1v) is 6.07. The van der Waals surface area contributed by atoms with Crippen molar-refractivity contribution in [2.24, 2.45) is 0 Å². The van der Waals surface area contributed by atoms with Crippen molar-refractivity contribution >= 4 is 21.6 Å². The minimum absolute atomic E-state index is 0.346. The summed E-state index contributed by atoms with van der Waals surface area (Å²) in [7, 11) is 1.56. The van der Waals surface area contributed by atoms with E-state index in [9.17, 15) is 5.11 Å². The van der Waals surface area contributed by atoms with Crippen molar-refractivity contribution in [3.8, 4) is 6.07 Å². The number of hydrogen-bond acceptors (Lipinski definition) is 4. The van der Waals surface area contributed by atoms with E-state index in [1.54, 1.807) is 13.2 Å². The molecule has 0 saturated carbocycles. The molecule has 0 aliphatic heterocycles. The van der Waals surface area contributed by atoms with Crippen LogP contribution in [0.15, 0.2) is 22.7 Å². The molecule has 0 saturated heterocycles. The summed E-state index contributed by atoms with van der Waals surface area (Å²) < 4.78 is 5.60. The highest BCUT2D eigenvalue weighted by Gasteiger charge is 2.03. The summed E-state index contributed by atoms with van der Waals surface area (Å²) in [5.74, 6) is 0. The lowest BCUT2D eigenvalue weighted by atomic mass is 10.2. The maximum Gasteiger partial charge on any atom is 0.100 e. The Hall–Kier alpha value is -1.09. The molecule has 0 radical (unpaired) electrons. The number of hydrogen-bond donors (Lipinski definition) is 2. The molecule has 1 rings (SSSR count). The van der Waals surface area contributed by atoms with Gasteiger partial charge in [-0.3, -0.25) is 0 Å². The molecule has 0 amide bonds. The van der Waals surface area contributed by atoms with Gasteiger partial charge in [0.2, 0.25) is 0 Å². The lowest BCUT2D eigenvalue weighted by Gasteiger charge is -2.11. The monoisotopic (exact) mass is 298 g/mol. The normalized spacial score (nSPS) is 11.9. The SMILES string of the molecule is COCC(O)CCNc1ccc(C#N)c(Br)c1. The third-order valence-electron chi connectivity index (χ3n) is 2.26. The average molecular weight is 299 g/mol. The van der Waals surface area contributed by atoms with Crippen LogP contribution in [-0.4, -0.2) is 31.5 Å². The summed E-state index contributed by atoms with van der Waals surface area (Å²) in [6.45, 7) is 1.00. The van der Waals surface area contributed by atoms with Crippen molar-refractivity contribution in [3.63, 3.8) is 0 Å². The molecular weight excluding hydrogens is 284 g/mol. The zero-order chi connectivity index (χ0) is 12.7. The zero-order valence-electron chi connectivity index (χ0n) is 9.61. The number of halogens is 1. The van der Waals surface area contributed by atoms with Crippen LogP contribution >= 0.6 is 15.9 Å². The van der Waals surface area contributed by atoms with Crippen LogP contribution in [0.4, 0.5) is 5.69 Å². The third kappa shape index (κ3) is 4.73. The number of ether oxygens (including phenoxy) is 1. The number of aliphatic hydroxyl groups excluding tert-OH is 1. The molecule has 0 aliphatic carbocycles. The van der Waals surface area contributed by atoms with Gasteiger partial charge in [-0.2, -0.15) is 5.26 Å². The maximum atomic E-state index is 9.45. The van der Waals surface area contributed by atoms with Crippen molar-refractivity contribution in [2.75, 3.05) is 25.6 Å². The number of anilines is 1. The summed E-state index contributed by atoms with van der Waals surface area (Å²) in [5, 5.41) is 21.4. The van der Waals surface area contributed by atoms with Crippen LogP contribution in [0.5, 0.6) is 0 Å². The first-order valence-electron chi connectivity index (χ1n) is 5.28. The smallest absolute Gasteiger partial charge is 0.100 e. The number of nitrogens with zero attached hydrogens (tertiary/aromatic N) is 1. The molecule has 0 heterocycles. The van der Waals surface area contributed by atoms with Gasteiger partial charge in [0.05, 0.1) is 18.3 Å². The molecule has 2 N–H and O–H groups in total. The topological polar surface area (TPSA) is 65.3 Å². The molecule has 1 aromatic rings. The zero-order valence-corrected chi connectivity index (χ0v) is 11.2. The van der Waals surface area contributed by atoms with Crippen LogP contribution in [-0.2, 0) is 4.74 Å². The molecular formula is C12H15BrN2O2. The summed E-state index contributed by atoms with van der Waals surface area (Å²) in [5.41, 5.74) is 1.52. The van der Waals surface area contributed by atoms with Crippen LogP contribution in [0.3, 0.4) is 0 Å². The highest BCUT2D eigenvalue weighted by molar-refractivity contribution is 9.10. The van der Waals surface area contributed by atoms with Gasteiger partial charge in [0.25, 0.3) is 0 Å². The number of benzene rings is 1. The summed E-state index contributed by atoms with van der Waals surface area (Å²) in [6, 6.07) is 7.52. The summed E-state index contributed by atoms with van der Waals surface area (Å²) in [4.78, 5) is 0. The fourth-order valence-corrected chi connectivity index (χ4v) is 1.84. The van der Waals surface area contributed by atoms with Gasteiger partial charge in [-0.1, -0.05) is 0 Å². The molecule has 0 bridgehead atoms. The largest absolute Gasteiger partial charge is 0.391 e. The van der Waals surface area contributed by atoms with Gasteiger partial charge in [-0.25, -0.2) is 0 Å². The van der Waals surface area contributed by atoms with E-state index in [0.29, 0.717) is 25.1 Å². The second-order valence-corrected chi connectivity index (χ2v) is 4.49. The van der Waals surface area contributed by atoms with Crippen LogP contribution in [0.2, 0.25) is 0 Å². The molecule has 5 heteroatoms. The van der Waals surface area contributed by atoms with Crippen molar-refractivity contribution in [1.82, 2.24) is 0 Å². The molecule has 1 atom stereocenters.